The Kier molecular flexibility index (Phi) is 11.1. The molecule has 23 heteroatoms. The fourth-order valence-electron chi connectivity index (χ4n) is 3.44. The van der Waals surface area contributed by atoms with Gasteiger partial charge in [0, 0.05) is 17.7 Å². The molecule has 3 rings (SSSR count). The van der Waals surface area contributed by atoms with Gasteiger partial charge in [0.1, 0.15) is 24.2 Å². The van der Waals surface area contributed by atoms with E-state index < -0.39 is 78.3 Å². The number of carboxylic acids is 1. The molecule has 3 heterocycles. The largest absolute Gasteiger partial charge is 1.00 e. The van der Waals surface area contributed by atoms with Gasteiger partial charge >= 0.3 is 45.1 Å². The SMILES string of the molecule is CO/N=C(\C(=O)NC1C(=O)N2C(C(=O)[O-])=C(CS(=O)(=O)CCNS(=O)(=O)C(F)(F)F)CS[C@H]12)c1csc(N)n1.[Na+]. The van der Waals surface area contributed by atoms with Crippen molar-refractivity contribution in [3.8, 4) is 0 Å². The minimum atomic E-state index is -5.78. The average molecular weight is 659 g/mol. The summed E-state index contributed by atoms with van der Waals surface area (Å²) in [6.07, 6.45) is 0. The number of amides is 2. The van der Waals surface area contributed by atoms with Crippen LogP contribution in [0, 0.1) is 0 Å². The second-order valence-electron chi connectivity index (χ2n) is 7.73. The van der Waals surface area contributed by atoms with Crippen molar-refractivity contribution in [2.75, 3.05) is 36.6 Å². The van der Waals surface area contributed by atoms with E-state index in [9.17, 15) is 49.5 Å². The molecule has 0 aromatic carbocycles. The van der Waals surface area contributed by atoms with Gasteiger partial charge in [-0.3, -0.25) is 14.5 Å². The number of carbonyl (C=O) groups is 3. The van der Waals surface area contributed by atoms with E-state index in [0.717, 1.165) is 39.8 Å². The van der Waals surface area contributed by atoms with Crippen LogP contribution >= 0.6 is 23.1 Å². The van der Waals surface area contributed by atoms with Crippen molar-refractivity contribution in [1.29, 1.82) is 0 Å². The number of carboxylic acid groups (broad SMARTS) is 1. The Morgan fingerprint density at radius 1 is 1.32 bits per heavy atom. The van der Waals surface area contributed by atoms with Crippen LogP contribution in [0.1, 0.15) is 5.69 Å². The van der Waals surface area contributed by atoms with Crippen molar-refractivity contribution in [3.63, 3.8) is 0 Å². The van der Waals surface area contributed by atoms with Gasteiger partial charge in [-0.15, -0.1) is 23.1 Å². The second kappa shape index (κ2) is 12.9. The first-order valence-electron chi connectivity index (χ1n) is 10.3. The third kappa shape index (κ3) is 7.46. The molecule has 2 aliphatic rings. The molecular formula is C17H18F3N6NaO9S4. The molecule has 0 bridgehead atoms. The third-order valence-corrected chi connectivity index (χ3v) is 9.91. The quantitative estimate of drug-likeness (QED) is 0.0875. The number of halogens is 3. The van der Waals surface area contributed by atoms with E-state index in [1.807, 2.05) is 0 Å². The Labute approximate surface area is 255 Å². The number of oxime groups is 1. The maximum Gasteiger partial charge on any atom is 1.00 e. The van der Waals surface area contributed by atoms with Crippen LogP contribution < -0.4 is 50.4 Å². The number of thiazole rings is 1. The summed E-state index contributed by atoms with van der Waals surface area (Å²) < 4.78 is 85.2. The number of anilines is 1. The number of sulfone groups is 1. The summed E-state index contributed by atoms with van der Waals surface area (Å²) in [5.74, 6) is -6.06. The number of aromatic nitrogens is 1. The molecule has 216 valence electrons. The van der Waals surface area contributed by atoms with Crippen LogP contribution in [0.2, 0.25) is 0 Å². The number of nitrogens with zero attached hydrogens (tertiary/aromatic N) is 3. The van der Waals surface area contributed by atoms with E-state index in [4.69, 9.17) is 5.73 Å². The number of rotatable bonds is 11. The topological polar surface area (TPSA) is 230 Å². The number of nitrogens with two attached hydrogens (primary N) is 1. The molecule has 0 saturated carbocycles. The number of carbonyl (C=O) groups excluding carboxylic acids is 3. The van der Waals surface area contributed by atoms with Gasteiger partial charge < -0.3 is 25.8 Å². The van der Waals surface area contributed by atoms with Gasteiger partial charge in [0.2, 0.25) is 0 Å². The zero-order valence-electron chi connectivity index (χ0n) is 20.4. The van der Waals surface area contributed by atoms with Crippen molar-refractivity contribution in [1.82, 2.24) is 19.9 Å². The van der Waals surface area contributed by atoms with Gasteiger partial charge in [0.15, 0.2) is 20.7 Å². The number of thioether (sulfide) groups is 1. The zero-order valence-corrected chi connectivity index (χ0v) is 25.7. The normalized spacial score (nSPS) is 19.9. The van der Waals surface area contributed by atoms with Crippen molar-refractivity contribution < 1.29 is 83.9 Å². The Bertz CT molecular complexity index is 1460. The predicted octanol–water partition coefficient (Wildman–Crippen LogP) is -5.66. The summed E-state index contributed by atoms with van der Waals surface area (Å²) in [6, 6.07) is -1.25. The maximum atomic E-state index is 12.8. The summed E-state index contributed by atoms with van der Waals surface area (Å²) in [6.45, 7) is -1.12. The standard InChI is InChI=1S/C17H19F3N6O9S4.Na/c1-35-25-9(8-5-37-16(21)23-8)12(27)24-10-13(28)26-11(15(29)30)7(4-36-14(10)26)6-38(31,32)3-2-22-39(33,34)17(18,19)20;/h5,10,14,22H,2-4,6H2,1H3,(H2,21,23)(H,24,27)(H,29,30);/q;+1/p-1/b25-9-;/t10?,14-;/m1./s1. The average Bonchev–Trinajstić information content (AvgIpc) is 3.24. The molecule has 1 fully saturated rings. The van der Waals surface area contributed by atoms with E-state index in [0.29, 0.717) is 0 Å². The Balaban J connectivity index is 0.00000560. The van der Waals surface area contributed by atoms with Crippen LogP contribution in [-0.2, 0) is 39.1 Å². The molecular weight excluding hydrogens is 640 g/mol. The van der Waals surface area contributed by atoms with Crippen LogP contribution in [0.3, 0.4) is 0 Å². The van der Waals surface area contributed by atoms with E-state index in [1.165, 1.54) is 5.38 Å². The van der Waals surface area contributed by atoms with Gasteiger partial charge in [-0.2, -0.15) is 13.2 Å². The number of hydrogen-bond donors (Lipinski definition) is 3. The number of alkyl halides is 3. The van der Waals surface area contributed by atoms with Crippen LogP contribution in [-0.4, -0.2) is 98.1 Å². The van der Waals surface area contributed by atoms with Crippen molar-refractivity contribution >= 4 is 71.6 Å². The van der Waals surface area contributed by atoms with Gasteiger partial charge in [0.25, 0.3) is 11.8 Å². The van der Waals surface area contributed by atoms with Crippen molar-refractivity contribution in [3.05, 3.63) is 22.3 Å². The Hall–Kier alpha value is -1.95. The molecule has 4 N–H and O–H groups in total. The summed E-state index contributed by atoms with van der Waals surface area (Å²) in [5, 5.41) is 18.4. The Morgan fingerprint density at radius 2 is 1.98 bits per heavy atom. The van der Waals surface area contributed by atoms with Crippen molar-refractivity contribution in [2.24, 2.45) is 5.16 Å². The van der Waals surface area contributed by atoms with Crippen LogP contribution in [0.5, 0.6) is 0 Å². The Morgan fingerprint density at radius 3 is 2.50 bits per heavy atom. The summed E-state index contributed by atoms with van der Waals surface area (Å²) in [5.41, 5.74) is -1.43. The fourth-order valence-corrected chi connectivity index (χ4v) is 7.45. The van der Waals surface area contributed by atoms with E-state index >= 15 is 0 Å². The molecule has 1 unspecified atom stereocenters. The maximum absolute atomic E-state index is 12.8. The molecule has 0 aliphatic carbocycles. The number of hydrogen-bond acceptors (Lipinski definition) is 14. The van der Waals surface area contributed by atoms with E-state index in [1.54, 1.807) is 0 Å². The summed E-state index contributed by atoms with van der Waals surface area (Å²) in [4.78, 5) is 46.6. The van der Waals surface area contributed by atoms with E-state index in [-0.39, 0.29) is 57.4 Å². The summed E-state index contributed by atoms with van der Waals surface area (Å²) in [7, 11) is -8.96. The van der Waals surface area contributed by atoms with Crippen LogP contribution in [0.15, 0.2) is 21.8 Å². The molecule has 1 aromatic rings. The fraction of sp³-hybridized carbons (Fsp3) is 0.471. The molecule has 1 aromatic heterocycles. The zero-order chi connectivity index (χ0) is 29.3. The van der Waals surface area contributed by atoms with Crippen LogP contribution in [0.25, 0.3) is 0 Å². The smallest absolute Gasteiger partial charge is 0.543 e. The molecule has 40 heavy (non-hydrogen) atoms. The third-order valence-electron chi connectivity index (χ3n) is 5.09. The molecule has 2 amide bonds. The minimum Gasteiger partial charge on any atom is -0.543 e. The molecule has 15 nitrogen and oxygen atoms in total. The first-order chi connectivity index (χ1) is 18.0. The van der Waals surface area contributed by atoms with E-state index in [2.05, 4.69) is 20.3 Å². The van der Waals surface area contributed by atoms with Gasteiger partial charge in [-0.25, -0.2) is 26.5 Å². The number of aliphatic carboxylic acids is 1. The molecule has 2 atom stereocenters. The summed E-state index contributed by atoms with van der Waals surface area (Å²) >= 11 is 1.91. The minimum absolute atomic E-state index is 0. The van der Waals surface area contributed by atoms with Gasteiger partial charge in [-0.1, -0.05) is 5.16 Å². The number of β-lactam (4-membered cyclic amide) rings is 1. The first-order valence-corrected chi connectivity index (χ1v) is 15.5. The second-order valence-corrected chi connectivity index (χ2v) is 13.7. The van der Waals surface area contributed by atoms with Gasteiger partial charge in [0.05, 0.1) is 23.2 Å². The van der Waals surface area contributed by atoms with Crippen molar-refractivity contribution in [2.45, 2.75) is 16.9 Å². The first kappa shape index (κ1) is 34.3. The van der Waals surface area contributed by atoms with Gasteiger partial charge in [-0.05, 0) is 5.57 Å². The molecule has 0 radical (unpaired) electrons. The predicted molar refractivity (Wildman–Crippen MR) is 129 cm³/mol. The monoisotopic (exact) mass is 658 g/mol. The number of nitrogen functional groups attached to an aromatic ring is 1. The number of sulfonamides is 1. The molecule has 0 spiro atoms. The number of nitrogens with one attached hydrogen (secondary N) is 2. The molecule has 1 saturated heterocycles. The number of fused-ring (bicyclic) bond motifs is 1. The molecule has 2 aliphatic heterocycles. The van der Waals surface area contributed by atoms with Crippen LogP contribution in [0.4, 0.5) is 18.3 Å².